The lowest BCUT2D eigenvalue weighted by molar-refractivity contribution is -0.143. The summed E-state index contributed by atoms with van der Waals surface area (Å²) >= 11 is 0. The molecule has 0 saturated heterocycles. The van der Waals surface area contributed by atoms with Gasteiger partial charge < -0.3 is 10.5 Å². The van der Waals surface area contributed by atoms with Crippen LogP contribution in [0.3, 0.4) is 0 Å². The number of allylic oxidation sites excluding steroid dienone is 1. The molecule has 1 atom stereocenters. The summed E-state index contributed by atoms with van der Waals surface area (Å²) in [7, 11) is 0. The third-order valence-corrected chi connectivity index (χ3v) is 4.95. The first kappa shape index (κ1) is 26.7. The number of rotatable bonds is 10. The molecule has 7 heteroatoms. The molecule has 2 rings (SSSR count). The number of hydrogen-bond donors (Lipinski definition) is 1. The van der Waals surface area contributed by atoms with Crippen LogP contribution in [0.5, 0.6) is 0 Å². The van der Waals surface area contributed by atoms with E-state index in [4.69, 9.17) is 10.5 Å². The largest absolute Gasteiger partial charge is 0.466 e. The molecule has 2 aromatic rings. The van der Waals surface area contributed by atoms with E-state index in [1.165, 1.54) is 18.2 Å². The molecular weight excluding hydrogens is 427 g/mol. The van der Waals surface area contributed by atoms with Crippen molar-refractivity contribution in [3.63, 3.8) is 0 Å². The Morgan fingerprint density at radius 3 is 2.52 bits per heavy atom. The summed E-state index contributed by atoms with van der Waals surface area (Å²) in [5, 5.41) is 0. The van der Waals surface area contributed by atoms with E-state index in [-0.39, 0.29) is 36.6 Å². The summed E-state index contributed by atoms with van der Waals surface area (Å²) in [6.07, 6.45) is 4.47. The Balaban J connectivity index is 0.00000480. The highest BCUT2D eigenvalue weighted by atomic mass is 35.5. The fraction of sp³-hybridized carbons (Fsp3) is 0.375. The van der Waals surface area contributed by atoms with Gasteiger partial charge in [0.25, 0.3) is 0 Å². The molecule has 0 aliphatic carbocycles. The number of aryl methyl sites for hydroxylation is 2. The van der Waals surface area contributed by atoms with Crippen molar-refractivity contribution in [2.75, 3.05) is 6.61 Å². The van der Waals surface area contributed by atoms with E-state index in [9.17, 15) is 18.0 Å². The molecule has 0 aliphatic heterocycles. The molecule has 2 aromatic carbocycles. The number of benzene rings is 2. The molecule has 0 fully saturated rings. The second-order valence-corrected chi connectivity index (χ2v) is 7.26. The average molecular weight is 456 g/mol. The summed E-state index contributed by atoms with van der Waals surface area (Å²) in [4.78, 5) is 11.7. The minimum Gasteiger partial charge on any atom is -0.466 e. The summed E-state index contributed by atoms with van der Waals surface area (Å²) in [6, 6.07) is 3.91. The van der Waals surface area contributed by atoms with Crippen LogP contribution in [0.4, 0.5) is 13.2 Å². The van der Waals surface area contributed by atoms with Gasteiger partial charge >= 0.3 is 5.97 Å². The molecule has 0 amide bonds. The normalized spacial score (nSPS) is 11.5. The van der Waals surface area contributed by atoms with Gasteiger partial charge in [-0.25, -0.2) is 13.2 Å². The summed E-state index contributed by atoms with van der Waals surface area (Å²) in [5.41, 5.74) is 7.80. The van der Waals surface area contributed by atoms with Gasteiger partial charge in [-0.1, -0.05) is 6.08 Å². The molecule has 0 heterocycles. The van der Waals surface area contributed by atoms with Crippen molar-refractivity contribution < 1.29 is 22.7 Å². The topological polar surface area (TPSA) is 52.3 Å². The van der Waals surface area contributed by atoms with Crippen molar-refractivity contribution >= 4 is 18.4 Å². The first-order valence-electron chi connectivity index (χ1n) is 10.1. The lowest BCUT2D eigenvalue weighted by Crippen LogP contribution is -2.18. The van der Waals surface area contributed by atoms with Gasteiger partial charge in [0.2, 0.25) is 0 Å². The maximum atomic E-state index is 14.8. The van der Waals surface area contributed by atoms with Gasteiger partial charge in [0.15, 0.2) is 0 Å². The number of ether oxygens (including phenoxy) is 1. The number of nitrogens with two attached hydrogens (primary N) is 1. The fourth-order valence-electron chi connectivity index (χ4n) is 3.48. The second-order valence-electron chi connectivity index (χ2n) is 7.26. The van der Waals surface area contributed by atoms with Crippen LogP contribution >= 0.6 is 12.4 Å². The number of hydrogen-bond acceptors (Lipinski definition) is 3. The van der Waals surface area contributed by atoms with Gasteiger partial charge in [0, 0.05) is 23.2 Å². The molecule has 0 saturated carbocycles. The minimum atomic E-state index is -0.942. The molecule has 31 heavy (non-hydrogen) atoms. The standard InChI is InChI=1S/C24H28F3NO2.ClH/c1-4-6-7-8-9-16-11-17(25)12-21(27)24(16)18-13-19(20(26)10-15(18)3)22(28)14-23(29)30-5-2;/h4,10-13,22H,1,5-9,14,28H2,2-3H3;1H/t22-;/m0./s1. The highest BCUT2D eigenvalue weighted by Crippen LogP contribution is 2.35. The van der Waals surface area contributed by atoms with Crippen molar-refractivity contribution in [1.82, 2.24) is 0 Å². The van der Waals surface area contributed by atoms with E-state index < -0.39 is 29.5 Å². The summed E-state index contributed by atoms with van der Waals surface area (Å²) < 4.78 is 48.2. The molecule has 2 N–H and O–H groups in total. The summed E-state index contributed by atoms with van der Waals surface area (Å²) in [6.45, 7) is 7.20. The molecule has 0 bridgehead atoms. The van der Waals surface area contributed by atoms with Crippen LogP contribution < -0.4 is 5.73 Å². The van der Waals surface area contributed by atoms with Crippen LogP contribution in [0.1, 0.15) is 55.3 Å². The first-order chi connectivity index (χ1) is 14.3. The van der Waals surface area contributed by atoms with Crippen LogP contribution in [0.15, 0.2) is 36.9 Å². The number of unbranched alkanes of at least 4 members (excludes halogenated alkanes) is 2. The molecule has 0 spiro atoms. The Labute approximate surface area is 187 Å². The second kappa shape index (κ2) is 12.5. The first-order valence-corrected chi connectivity index (χ1v) is 10.1. The number of esters is 1. The van der Waals surface area contributed by atoms with Crippen molar-refractivity contribution in [2.24, 2.45) is 5.73 Å². The highest BCUT2D eigenvalue weighted by Gasteiger charge is 2.21. The van der Waals surface area contributed by atoms with E-state index in [0.29, 0.717) is 23.1 Å². The number of carbonyl (C=O) groups is 1. The van der Waals surface area contributed by atoms with Gasteiger partial charge in [-0.05, 0) is 74.4 Å². The molecule has 0 radical (unpaired) electrons. The van der Waals surface area contributed by atoms with Gasteiger partial charge in [0.1, 0.15) is 17.5 Å². The Morgan fingerprint density at radius 1 is 1.16 bits per heavy atom. The van der Waals surface area contributed by atoms with Gasteiger partial charge in [-0.3, -0.25) is 4.79 Å². The molecular formula is C24H29ClF3NO2. The van der Waals surface area contributed by atoms with Crippen LogP contribution in [0.2, 0.25) is 0 Å². The number of halogens is 4. The maximum Gasteiger partial charge on any atom is 0.307 e. The van der Waals surface area contributed by atoms with Crippen LogP contribution in [0, 0.1) is 24.4 Å². The Bertz CT molecular complexity index is 918. The van der Waals surface area contributed by atoms with Crippen molar-refractivity contribution in [2.45, 2.75) is 52.0 Å². The lowest BCUT2D eigenvalue weighted by Gasteiger charge is -2.18. The maximum absolute atomic E-state index is 14.8. The fourth-order valence-corrected chi connectivity index (χ4v) is 3.48. The average Bonchev–Trinajstić information content (AvgIpc) is 2.66. The zero-order chi connectivity index (χ0) is 22.3. The number of carbonyl (C=O) groups excluding carboxylic acids is 1. The van der Waals surface area contributed by atoms with Crippen molar-refractivity contribution in [1.29, 1.82) is 0 Å². The van der Waals surface area contributed by atoms with E-state index >= 15 is 0 Å². The van der Waals surface area contributed by atoms with Gasteiger partial charge in [0.05, 0.1) is 13.0 Å². The van der Waals surface area contributed by atoms with Crippen molar-refractivity contribution in [3.05, 3.63) is 71.1 Å². The Morgan fingerprint density at radius 2 is 1.87 bits per heavy atom. The summed E-state index contributed by atoms with van der Waals surface area (Å²) in [5.74, 6) is -2.49. The monoisotopic (exact) mass is 455 g/mol. The smallest absolute Gasteiger partial charge is 0.307 e. The Hall–Kier alpha value is -2.31. The molecule has 0 aliphatic rings. The van der Waals surface area contributed by atoms with E-state index in [1.807, 2.05) is 0 Å². The third kappa shape index (κ3) is 7.11. The predicted molar refractivity (Wildman–Crippen MR) is 120 cm³/mol. The minimum absolute atomic E-state index is 0. The van der Waals surface area contributed by atoms with Gasteiger partial charge in [-0.2, -0.15) is 0 Å². The van der Waals surface area contributed by atoms with E-state index in [2.05, 4.69) is 6.58 Å². The van der Waals surface area contributed by atoms with Crippen LogP contribution in [-0.4, -0.2) is 12.6 Å². The quantitative estimate of drug-likeness (QED) is 0.258. The van der Waals surface area contributed by atoms with Gasteiger partial charge in [-0.15, -0.1) is 19.0 Å². The van der Waals surface area contributed by atoms with E-state index in [1.54, 1.807) is 19.9 Å². The zero-order valence-corrected chi connectivity index (χ0v) is 18.7. The SMILES string of the molecule is C=CCCCCc1cc(F)cc(F)c1-c1cc([C@@H](N)CC(=O)OCC)c(F)cc1C.Cl. The van der Waals surface area contributed by atoms with Crippen molar-refractivity contribution in [3.8, 4) is 11.1 Å². The predicted octanol–water partition coefficient (Wildman–Crippen LogP) is 6.35. The third-order valence-electron chi connectivity index (χ3n) is 4.95. The molecule has 0 unspecified atom stereocenters. The van der Waals surface area contributed by atoms with Crippen LogP contribution in [-0.2, 0) is 16.0 Å². The molecule has 170 valence electrons. The van der Waals surface area contributed by atoms with E-state index in [0.717, 1.165) is 25.3 Å². The van der Waals surface area contributed by atoms with Crippen LogP contribution in [0.25, 0.3) is 11.1 Å². The highest BCUT2D eigenvalue weighted by molar-refractivity contribution is 5.85. The molecule has 0 aromatic heterocycles. The Kier molecular flexibility index (Phi) is 10.8. The zero-order valence-electron chi connectivity index (χ0n) is 17.8. The lowest BCUT2D eigenvalue weighted by atomic mass is 9.89. The molecule has 3 nitrogen and oxygen atoms in total.